The number of hydrogen-bond acceptors (Lipinski definition) is 5. The summed E-state index contributed by atoms with van der Waals surface area (Å²) in [6.07, 6.45) is 2.56. The summed E-state index contributed by atoms with van der Waals surface area (Å²) in [6, 6.07) is 14.5. The van der Waals surface area contributed by atoms with Crippen LogP contribution < -0.4 is 29.7 Å². The van der Waals surface area contributed by atoms with Crippen LogP contribution in [0.4, 0.5) is 5.69 Å². The van der Waals surface area contributed by atoms with E-state index < -0.39 is 0 Å². The second-order valence-electron chi connectivity index (χ2n) is 7.52. The van der Waals surface area contributed by atoms with E-state index in [1.54, 1.807) is 7.05 Å². The van der Waals surface area contributed by atoms with E-state index in [1.165, 1.54) is 24.1 Å². The lowest BCUT2D eigenvalue weighted by Gasteiger charge is -2.22. The average Bonchev–Trinajstić information content (AvgIpc) is 3.47. The molecule has 30 heavy (non-hydrogen) atoms. The monoisotopic (exact) mass is 410 g/mol. The summed E-state index contributed by atoms with van der Waals surface area (Å²) in [5, 5.41) is 6.77. The molecule has 7 heteroatoms. The fraction of sp³-hybridized carbons (Fsp3) is 0.435. The predicted molar refractivity (Wildman–Crippen MR) is 119 cm³/mol. The zero-order valence-electron chi connectivity index (χ0n) is 17.7. The smallest absolute Gasteiger partial charge is 0.231 e. The van der Waals surface area contributed by atoms with Gasteiger partial charge in [-0.2, -0.15) is 0 Å². The Kier molecular flexibility index (Phi) is 6.47. The molecule has 1 fully saturated rings. The van der Waals surface area contributed by atoms with Gasteiger partial charge in [-0.15, -0.1) is 0 Å². The Morgan fingerprint density at radius 3 is 2.80 bits per heavy atom. The number of rotatable bonds is 7. The maximum Gasteiger partial charge on any atom is 0.231 e. The number of anilines is 1. The van der Waals surface area contributed by atoms with Gasteiger partial charge in [-0.1, -0.05) is 12.1 Å². The van der Waals surface area contributed by atoms with Crippen LogP contribution in [0.2, 0.25) is 0 Å². The summed E-state index contributed by atoms with van der Waals surface area (Å²) in [6.45, 7) is 5.87. The number of benzene rings is 2. The summed E-state index contributed by atoms with van der Waals surface area (Å²) in [4.78, 5) is 6.79. The molecule has 160 valence electrons. The van der Waals surface area contributed by atoms with Gasteiger partial charge >= 0.3 is 0 Å². The molecule has 2 heterocycles. The lowest BCUT2D eigenvalue weighted by atomic mass is 10.1. The molecule has 1 saturated heterocycles. The van der Waals surface area contributed by atoms with Crippen LogP contribution >= 0.6 is 0 Å². The number of hydrogen-bond donors (Lipinski definition) is 2. The van der Waals surface area contributed by atoms with Gasteiger partial charge < -0.3 is 29.7 Å². The van der Waals surface area contributed by atoms with Gasteiger partial charge in [-0.05, 0) is 49.6 Å². The highest BCUT2D eigenvalue weighted by Crippen LogP contribution is 2.35. The fourth-order valence-electron chi connectivity index (χ4n) is 3.75. The van der Waals surface area contributed by atoms with E-state index in [1.807, 2.05) is 18.2 Å². The molecule has 4 rings (SSSR count). The molecule has 2 aromatic rings. The van der Waals surface area contributed by atoms with Crippen LogP contribution in [-0.4, -0.2) is 46.0 Å². The van der Waals surface area contributed by atoms with Gasteiger partial charge in [-0.25, -0.2) is 0 Å². The highest BCUT2D eigenvalue weighted by atomic mass is 16.7. The number of nitrogens with one attached hydrogen (secondary N) is 2. The first-order chi connectivity index (χ1) is 14.7. The quantitative estimate of drug-likeness (QED) is 0.415. The number of aliphatic imine (C=N–C) groups is 1. The first-order valence-electron chi connectivity index (χ1n) is 10.6. The van der Waals surface area contributed by atoms with Gasteiger partial charge in [0.1, 0.15) is 12.4 Å². The molecule has 1 atom stereocenters. The lowest BCUT2D eigenvalue weighted by Crippen LogP contribution is -2.40. The second-order valence-corrected chi connectivity index (χ2v) is 7.52. The van der Waals surface area contributed by atoms with Gasteiger partial charge in [0, 0.05) is 31.9 Å². The lowest BCUT2D eigenvalue weighted by molar-refractivity contribution is 0.173. The summed E-state index contributed by atoms with van der Waals surface area (Å²) in [5.41, 5.74) is 2.55. The molecule has 2 aromatic carbocycles. The summed E-state index contributed by atoms with van der Waals surface area (Å²) >= 11 is 0. The molecule has 0 amide bonds. The third-order valence-electron chi connectivity index (χ3n) is 5.43. The van der Waals surface area contributed by atoms with Crippen LogP contribution in [-0.2, 0) is 0 Å². The molecule has 1 unspecified atom stereocenters. The Balaban J connectivity index is 1.25. The molecule has 2 N–H and O–H groups in total. The number of ether oxygens (including phenoxy) is 3. The van der Waals surface area contributed by atoms with Crippen molar-refractivity contribution in [3.05, 3.63) is 48.0 Å². The first kappa shape index (κ1) is 20.2. The second kappa shape index (κ2) is 9.61. The van der Waals surface area contributed by atoms with Crippen LogP contribution in [0.25, 0.3) is 0 Å². The van der Waals surface area contributed by atoms with Gasteiger partial charge in [0.05, 0.1) is 12.6 Å². The van der Waals surface area contributed by atoms with E-state index in [4.69, 9.17) is 14.2 Å². The Morgan fingerprint density at radius 1 is 1.13 bits per heavy atom. The van der Waals surface area contributed by atoms with Crippen LogP contribution in [0.1, 0.15) is 31.4 Å². The normalized spacial score (nSPS) is 16.5. The van der Waals surface area contributed by atoms with E-state index in [0.29, 0.717) is 13.2 Å². The van der Waals surface area contributed by atoms with Crippen molar-refractivity contribution in [2.75, 3.05) is 45.0 Å². The molecule has 2 aliphatic rings. The average molecular weight is 411 g/mol. The summed E-state index contributed by atoms with van der Waals surface area (Å²) in [5.74, 6) is 3.00. The topological polar surface area (TPSA) is 67.4 Å². The maximum atomic E-state index is 5.80. The predicted octanol–water partition coefficient (Wildman–Crippen LogP) is 3.32. The zero-order chi connectivity index (χ0) is 20.8. The van der Waals surface area contributed by atoms with E-state index in [2.05, 4.69) is 51.7 Å². The van der Waals surface area contributed by atoms with Crippen molar-refractivity contribution in [1.82, 2.24) is 10.6 Å². The minimum absolute atomic E-state index is 0.147. The van der Waals surface area contributed by atoms with E-state index in [0.717, 1.165) is 36.3 Å². The molecule has 0 bridgehead atoms. The van der Waals surface area contributed by atoms with Crippen molar-refractivity contribution in [2.24, 2.45) is 4.99 Å². The van der Waals surface area contributed by atoms with Gasteiger partial charge in [0.25, 0.3) is 0 Å². The standard InChI is InChI=1S/C23H30N4O3/c1-17(18-6-5-7-19(14-18)27-11-3-4-12-27)26-23(24-2)25-10-13-28-20-8-9-21-22(15-20)30-16-29-21/h5-9,14-15,17H,3-4,10-13,16H2,1-2H3,(H2,24,25,26). The van der Waals surface area contributed by atoms with Crippen molar-refractivity contribution in [3.63, 3.8) is 0 Å². The molecule has 0 aliphatic carbocycles. The largest absolute Gasteiger partial charge is 0.492 e. The van der Waals surface area contributed by atoms with Gasteiger partial charge in [-0.3, -0.25) is 4.99 Å². The van der Waals surface area contributed by atoms with Crippen molar-refractivity contribution < 1.29 is 14.2 Å². The van der Waals surface area contributed by atoms with Crippen molar-refractivity contribution in [3.8, 4) is 17.2 Å². The Morgan fingerprint density at radius 2 is 1.97 bits per heavy atom. The minimum Gasteiger partial charge on any atom is -0.492 e. The van der Waals surface area contributed by atoms with Crippen molar-refractivity contribution in [2.45, 2.75) is 25.8 Å². The van der Waals surface area contributed by atoms with Gasteiger partial charge in [0.2, 0.25) is 6.79 Å². The summed E-state index contributed by atoms with van der Waals surface area (Å²) in [7, 11) is 1.78. The number of fused-ring (bicyclic) bond motifs is 1. The van der Waals surface area contributed by atoms with Crippen LogP contribution in [0, 0.1) is 0 Å². The maximum absolute atomic E-state index is 5.80. The third-order valence-corrected chi connectivity index (χ3v) is 5.43. The molecular weight excluding hydrogens is 380 g/mol. The van der Waals surface area contributed by atoms with Crippen molar-refractivity contribution in [1.29, 1.82) is 0 Å². The number of guanidine groups is 1. The van der Waals surface area contributed by atoms with E-state index >= 15 is 0 Å². The first-order valence-corrected chi connectivity index (χ1v) is 10.6. The van der Waals surface area contributed by atoms with Crippen LogP contribution in [0.5, 0.6) is 17.2 Å². The van der Waals surface area contributed by atoms with Crippen molar-refractivity contribution >= 4 is 11.6 Å². The number of nitrogens with zero attached hydrogens (tertiary/aromatic N) is 2. The highest BCUT2D eigenvalue weighted by molar-refractivity contribution is 5.80. The minimum atomic E-state index is 0.147. The molecular formula is C23H30N4O3. The molecule has 2 aliphatic heterocycles. The Hall–Kier alpha value is -3.09. The Labute approximate surface area is 178 Å². The molecule has 0 aromatic heterocycles. The third kappa shape index (κ3) is 4.90. The van der Waals surface area contributed by atoms with Gasteiger partial charge in [0.15, 0.2) is 17.5 Å². The Bertz CT molecular complexity index is 881. The fourth-order valence-corrected chi connectivity index (χ4v) is 3.75. The van der Waals surface area contributed by atoms with E-state index in [9.17, 15) is 0 Å². The highest BCUT2D eigenvalue weighted by Gasteiger charge is 2.15. The van der Waals surface area contributed by atoms with Crippen LogP contribution in [0.15, 0.2) is 47.5 Å². The van der Waals surface area contributed by atoms with E-state index in [-0.39, 0.29) is 12.8 Å². The molecule has 0 saturated carbocycles. The molecule has 0 radical (unpaired) electrons. The zero-order valence-corrected chi connectivity index (χ0v) is 17.7. The SMILES string of the molecule is CN=C(NCCOc1ccc2c(c1)OCO2)NC(C)c1cccc(N2CCCC2)c1. The molecule has 7 nitrogen and oxygen atoms in total. The molecule has 0 spiro atoms. The van der Waals surface area contributed by atoms with Crippen LogP contribution in [0.3, 0.4) is 0 Å². The summed E-state index contributed by atoms with van der Waals surface area (Å²) < 4.78 is 16.5.